The molecule has 0 aromatic rings. The third kappa shape index (κ3) is 3.13. The smallest absolute Gasteiger partial charge is 0.0646 e. The molecule has 3 heteroatoms. The number of halogens is 1. The fraction of sp³-hybridized carbons (Fsp3) is 0.778. The Morgan fingerprint density at radius 3 is 3.00 bits per heavy atom. The van der Waals surface area contributed by atoms with Crippen LogP contribution < -0.4 is 5.32 Å². The predicted molar refractivity (Wildman–Crippen MR) is 51.7 cm³/mol. The van der Waals surface area contributed by atoms with E-state index >= 15 is 0 Å². The first-order valence-corrected chi connectivity index (χ1v) is 4.84. The fourth-order valence-corrected chi connectivity index (χ4v) is 1.38. The molecule has 0 saturated carbocycles. The van der Waals surface area contributed by atoms with Crippen LogP contribution in [0.15, 0.2) is 12.2 Å². The zero-order chi connectivity index (χ0) is 8.86. The predicted octanol–water partition coefficient (Wildman–Crippen LogP) is 1.55. The molecule has 0 amide bonds. The largest absolute Gasteiger partial charge is 0.379 e. The third-order valence-corrected chi connectivity index (χ3v) is 2.30. The lowest BCUT2D eigenvalue weighted by Crippen LogP contribution is -2.42. The van der Waals surface area contributed by atoms with Crippen molar-refractivity contribution in [1.82, 2.24) is 5.32 Å². The highest BCUT2D eigenvalue weighted by Gasteiger charge is 2.27. The highest BCUT2D eigenvalue weighted by atomic mass is 35.5. The molecule has 1 saturated heterocycles. The van der Waals surface area contributed by atoms with Gasteiger partial charge in [-0.1, -0.05) is 12.2 Å². The SMILES string of the molecule is CC1(NC/C=C/CCl)CCOC1. The summed E-state index contributed by atoms with van der Waals surface area (Å²) < 4.78 is 5.30. The minimum atomic E-state index is 0.177. The van der Waals surface area contributed by atoms with E-state index in [0.717, 1.165) is 26.2 Å². The number of alkyl halides is 1. The van der Waals surface area contributed by atoms with Gasteiger partial charge >= 0.3 is 0 Å². The van der Waals surface area contributed by atoms with E-state index < -0.39 is 0 Å². The van der Waals surface area contributed by atoms with E-state index in [1.54, 1.807) is 0 Å². The topological polar surface area (TPSA) is 21.3 Å². The van der Waals surface area contributed by atoms with Crippen molar-refractivity contribution in [3.05, 3.63) is 12.2 Å². The second-order valence-electron chi connectivity index (χ2n) is 3.37. The Hall–Kier alpha value is -0.0500. The van der Waals surface area contributed by atoms with E-state index in [-0.39, 0.29) is 5.54 Å². The van der Waals surface area contributed by atoms with Gasteiger partial charge in [0, 0.05) is 24.6 Å². The van der Waals surface area contributed by atoms with Gasteiger partial charge in [0.05, 0.1) is 6.61 Å². The van der Waals surface area contributed by atoms with Crippen molar-refractivity contribution >= 4 is 11.6 Å². The van der Waals surface area contributed by atoms with Crippen LogP contribution in [-0.2, 0) is 4.74 Å². The molecule has 1 aliphatic heterocycles. The first-order valence-electron chi connectivity index (χ1n) is 4.31. The Kier molecular flexibility index (Phi) is 4.06. The van der Waals surface area contributed by atoms with Gasteiger partial charge in [0.2, 0.25) is 0 Å². The van der Waals surface area contributed by atoms with Crippen molar-refractivity contribution in [2.75, 3.05) is 25.6 Å². The highest BCUT2D eigenvalue weighted by molar-refractivity contribution is 6.18. The van der Waals surface area contributed by atoms with Gasteiger partial charge in [-0.15, -0.1) is 11.6 Å². The molecule has 2 nitrogen and oxygen atoms in total. The molecular weight excluding hydrogens is 174 g/mol. The molecule has 1 heterocycles. The van der Waals surface area contributed by atoms with E-state index in [1.807, 2.05) is 6.08 Å². The molecule has 1 aliphatic rings. The molecule has 0 radical (unpaired) electrons. The van der Waals surface area contributed by atoms with Crippen LogP contribution in [0.3, 0.4) is 0 Å². The van der Waals surface area contributed by atoms with E-state index in [2.05, 4.69) is 18.3 Å². The second-order valence-corrected chi connectivity index (χ2v) is 3.68. The molecular formula is C9H16ClNO. The van der Waals surface area contributed by atoms with Crippen molar-refractivity contribution < 1.29 is 4.74 Å². The van der Waals surface area contributed by atoms with Crippen LogP contribution in [0.2, 0.25) is 0 Å². The summed E-state index contributed by atoms with van der Waals surface area (Å²) in [5, 5.41) is 3.42. The molecule has 0 aliphatic carbocycles. The standard InChI is InChI=1S/C9H16ClNO/c1-9(4-7-12-8-9)11-6-3-2-5-10/h2-3,11H,4-8H2,1H3/b3-2+. The van der Waals surface area contributed by atoms with Crippen LogP contribution in [0.4, 0.5) is 0 Å². The maximum atomic E-state index is 5.49. The maximum Gasteiger partial charge on any atom is 0.0646 e. The van der Waals surface area contributed by atoms with Gasteiger partial charge in [-0.05, 0) is 13.3 Å². The van der Waals surface area contributed by atoms with Crippen LogP contribution >= 0.6 is 11.6 Å². The van der Waals surface area contributed by atoms with E-state index in [0.29, 0.717) is 5.88 Å². The lowest BCUT2D eigenvalue weighted by Gasteiger charge is -2.22. The zero-order valence-corrected chi connectivity index (χ0v) is 8.23. The molecule has 1 rings (SSSR count). The first kappa shape index (κ1) is 10.0. The number of allylic oxidation sites excluding steroid dienone is 1. The molecule has 12 heavy (non-hydrogen) atoms. The van der Waals surface area contributed by atoms with Crippen LogP contribution in [0.5, 0.6) is 0 Å². The lowest BCUT2D eigenvalue weighted by molar-refractivity contribution is 0.173. The van der Waals surface area contributed by atoms with Crippen LogP contribution in [-0.4, -0.2) is 31.2 Å². The van der Waals surface area contributed by atoms with Crippen LogP contribution in [0.1, 0.15) is 13.3 Å². The minimum absolute atomic E-state index is 0.177. The van der Waals surface area contributed by atoms with Crippen molar-refractivity contribution in [2.24, 2.45) is 0 Å². The van der Waals surface area contributed by atoms with Crippen LogP contribution in [0.25, 0.3) is 0 Å². The Balaban J connectivity index is 2.17. The van der Waals surface area contributed by atoms with Crippen molar-refractivity contribution in [1.29, 1.82) is 0 Å². The number of nitrogens with one attached hydrogen (secondary N) is 1. The number of ether oxygens (including phenoxy) is 1. The van der Waals surface area contributed by atoms with Gasteiger partial charge in [0.1, 0.15) is 0 Å². The summed E-state index contributed by atoms with van der Waals surface area (Å²) >= 11 is 5.49. The van der Waals surface area contributed by atoms with Gasteiger partial charge in [-0.3, -0.25) is 0 Å². The highest BCUT2D eigenvalue weighted by Crippen LogP contribution is 2.16. The third-order valence-electron chi connectivity index (χ3n) is 2.12. The Morgan fingerprint density at radius 2 is 2.42 bits per heavy atom. The normalized spacial score (nSPS) is 30.2. The van der Waals surface area contributed by atoms with Crippen molar-refractivity contribution in [3.63, 3.8) is 0 Å². The van der Waals surface area contributed by atoms with Crippen molar-refractivity contribution in [3.8, 4) is 0 Å². The molecule has 0 aromatic carbocycles. The summed E-state index contributed by atoms with van der Waals surface area (Å²) in [5.74, 6) is 0.592. The Bertz CT molecular complexity index is 153. The Morgan fingerprint density at radius 1 is 1.58 bits per heavy atom. The van der Waals surface area contributed by atoms with E-state index in [9.17, 15) is 0 Å². The molecule has 1 atom stereocenters. The molecule has 1 unspecified atom stereocenters. The molecule has 0 aromatic heterocycles. The van der Waals surface area contributed by atoms with Gasteiger partial charge in [-0.25, -0.2) is 0 Å². The number of hydrogen-bond donors (Lipinski definition) is 1. The lowest BCUT2D eigenvalue weighted by atomic mass is 10.0. The summed E-state index contributed by atoms with van der Waals surface area (Å²) in [5.41, 5.74) is 0.177. The second kappa shape index (κ2) is 4.85. The average molecular weight is 190 g/mol. The van der Waals surface area contributed by atoms with E-state index in [1.165, 1.54) is 0 Å². The summed E-state index contributed by atoms with van der Waals surface area (Å²) in [7, 11) is 0. The number of hydrogen-bond acceptors (Lipinski definition) is 2. The minimum Gasteiger partial charge on any atom is -0.379 e. The van der Waals surface area contributed by atoms with Gasteiger partial charge in [0.25, 0.3) is 0 Å². The molecule has 1 fully saturated rings. The van der Waals surface area contributed by atoms with Crippen LogP contribution in [0, 0.1) is 0 Å². The van der Waals surface area contributed by atoms with Gasteiger partial charge in [0.15, 0.2) is 0 Å². The summed E-state index contributed by atoms with van der Waals surface area (Å²) in [6, 6.07) is 0. The average Bonchev–Trinajstić information content (AvgIpc) is 2.47. The maximum absolute atomic E-state index is 5.49. The summed E-state index contributed by atoms with van der Waals surface area (Å²) in [4.78, 5) is 0. The first-order chi connectivity index (χ1) is 5.77. The quantitative estimate of drug-likeness (QED) is 0.535. The van der Waals surface area contributed by atoms with Gasteiger partial charge in [-0.2, -0.15) is 0 Å². The van der Waals surface area contributed by atoms with E-state index in [4.69, 9.17) is 16.3 Å². The zero-order valence-electron chi connectivity index (χ0n) is 7.48. The fourth-order valence-electron chi connectivity index (χ4n) is 1.26. The number of rotatable bonds is 4. The molecule has 0 bridgehead atoms. The van der Waals surface area contributed by atoms with Crippen molar-refractivity contribution in [2.45, 2.75) is 18.9 Å². The Labute approximate surface area is 78.9 Å². The monoisotopic (exact) mass is 189 g/mol. The molecule has 70 valence electrons. The molecule has 1 N–H and O–H groups in total. The van der Waals surface area contributed by atoms with Gasteiger partial charge < -0.3 is 10.1 Å². The summed E-state index contributed by atoms with van der Waals surface area (Å²) in [6.07, 6.45) is 5.10. The summed E-state index contributed by atoms with van der Waals surface area (Å²) in [6.45, 7) is 4.77. The molecule has 0 spiro atoms.